The maximum atomic E-state index is 6.04. The summed E-state index contributed by atoms with van der Waals surface area (Å²) in [5.74, 6) is 1.13. The molecule has 5 heteroatoms. The summed E-state index contributed by atoms with van der Waals surface area (Å²) in [6.45, 7) is 3.10. The van der Waals surface area contributed by atoms with Gasteiger partial charge in [0.25, 0.3) is 0 Å². The second-order valence-corrected chi connectivity index (χ2v) is 6.49. The summed E-state index contributed by atoms with van der Waals surface area (Å²) in [5, 5.41) is 9.12. The van der Waals surface area contributed by atoms with Crippen LogP contribution in [0.2, 0.25) is 5.02 Å². The minimum atomic E-state index is 0.0342. The highest BCUT2D eigenvalue weighted by Crippen LogP contribution is 2.34. The molecule has 0 N–H and O–H groups in total. The van der Waals surface area contributed by atoms with Crippen molar-refractivity contribution in [2.75, 3.05) is 11.4 Å². The summed E-state index contributed by atoms with van der Waals surface area (Å²) in [6.07, 6.45) is 2.26. The highest BCUT2D eigenvalue weighted by molar-refractivity contribution is 6.30. The number of hydrogen-bond donors (Lipinski definition) is 0. The first kappa shape index (κ1) is 15.2. The van der Waals surface area contributed by atoms with E-state index in [-0.39, 0.29) is 6.04 Å². The molecule has 24 heavy (non-hydrogen) atoms. The van der Waals surface area contributed by atoms with Crippen molar-refractivity contribution in [3.8, 4) is 11.5 Å². The van der Waals surface area contributed by atoms with Crippen molar-refractivity contribution in [1.29, 1.82) is 0 Å². The number of halogens is 1. The molecule has 4 rings (SSSR count). The molecule has 0 amide bonds. The molecule has 1 aliphatic heterocycles. The molecule has 3 aromatic rings. The van der Waals surface area contributed by atoms with Gasteiger partial charge in [-0.1, -0.05) is 35.9 Å². The van der Waals surface area contributed by atoms with E-state index in [0.717, 1.165) is 24.9 Å². The van der Waals surface area contributed by atoms with Crippen molar-refractivity contribution in [3.63, 3.8) is 0 Å². The third-order valence-electron chi connectivity index (χ3n) is 4.48. The van der Waals surface area contributed by atoms with E-state index in [1.165, 1.54) is 11.3 Å². The van der Waals surface area contributed by atoms with Gasteiger partial charge >= 0.3 is 0 Å². The Labute approximate surface area is 146 Å². The van der Waals surface area contributed by atoms with Crippen molar-refractivity contribution in [3.05, 3.63) is 65.0 Å². The molecule has 1 aromatic heterocycles. The average Bonchev–Trinajstić information content (AvgIpc) is 3.11. The monoisotopic (exact) mass is 339 g/mol. The summed E-state index contributed by atoms with van der Waals surface area (Å²) in [5.41, 5.74) is 3.48. The molecule has 2 heterocycles. The van der Waals surface area contributed by atoms with Gasteiger partial charge in [0.2, 0.25) is 11.8 Å². The van der Waals surface area contributed by atoms with Crippen molar-refractivity contribution >= 4 is 17.3 Å². The van der Waals surface area contributed by atoms with E-state index in [2.05, 4.69) is 46.3 Å². The normalized spacial score (nSPS) is 15.2. The maximum absolute atomic E-state index is 6.04. The summed E-state index contributed by atoms with van der Waals surface area (Å²) >= 11 is 6.04. The van der Waals surface area contributed by atoms with E-state index in [0.29, 0.717) is 16.8 Å². The first-order chi connectivity index (χ1) is 11.7. The molecule has 1 atom stereocenters. The van der Waals surface area contributed by atoms with Crippen LogP contribution in [0.25, 0.3) is 11.5 Å². The highest BCUT2D eigenvalue weighted by atomic mass is 35.5. The van der Waals surface area contributed by atoms with Crippen LogP contribution in [0, 0.1) is 0 Å². The zero-order valence-electron chi connectivity index (χ0n) is 13.4. The van der Waals surface area contributed by atoms with Crippen LogP contribution >= 0.6 is 11.6 Å². The maximum Gasteiger partial charge on any atom is 0.247 e. The first-order valence-corrected chi connectivity index (χ1v) is 8.54. The van der Waals surface area contributed by atoms with Gasteiger partial charge < -0.3 is 9.32 Å². The van der Waals surface area contributed by atoms with E-state index in [1.807, 2.05) is 24.3 Å². The number of nitrogens with zero attached hydrogens (tertiary/aromatic N) is 3. The molecule has 122 valence electrons. The van der Waals surface area contributed by atoms with Crippen molar-refractivity contribution in [2.24, 2.45) is 0 Å². The minimum absolute atomic E-state index is 0.0342. The van der Waals surface area contributed by atoms with Gasteiger partial charge in [-0.25, -0.2) is 0 Å². The van der Waals surface area contributed by atoms with E-state index in [9.17, 15) is 0 Å². The lowest BCUT2D eigenvalue weighted by molar-refractivity contribution is 0.449. The lowest BCUT2D eigenvalue weighted by Gasteiger charge is -2.34. The molecular formula is C19H18ClN3O. The summed E-state index contributed by atoms with van der Waals surface area (Å²) in [4.78, 5) is 2.34. The molecule has 0 saturated carbocycles. The molecule has 0 saturated heterocycles. The Morgan fingerprint density at radius 1 is 1.12 bits per heavy atom. The lowest BCUT2D eigenvalue weighted by Crippen LogP contribution is -2.32. The van der Waals surface area contributed by atoms with Crippen LogP contribution in [0.4, 0.5) is 5.69 Å². The van der Waals surface area contributed by atoms with Crippen molar-refractivity contribution < 1.29 is 4.42 Å². The highest BCUT2D eigenvalue weighted by Gasteiger charge is 2.26. The molecule has 0 aliphatic carbocycles. The van der Waals surface area contributed by atoms with Crippen LogP contribution in [-0.2, 0) is 6.42 Å². The van der Waals surface area contributed by atoms with E-state index < -0.39 is 0 Å². The van der Waals surface area contributed by atoms with Gasteiger partial charge in [-0.05, 0) is 49.6 Å². The Kier molecular flexibility index (Phi) is 3.98. The number of para-hydroxylation sites is 1. The zero-order chi connectivity index (χ0) is 16.5. The van der Waals surface area contributed by atoms with Crippen LogP contribution in [0.1, 0.15) is 30.8 Å². The molecule has 0 fully saturated rings. The van der Waals surface area contributed by atoms with E-state index in [1.54, 1.807) is 0 Å². The zero-order valence-corrected chi connectivity index (χ0v) is 14.2. The van der Waals surface area contributed by atoms with Gasteiger partial charge in [0.15, 0.2) is 0 Å². The Morgan fingerprint density at radius 2 is 2.00 bits per heavy atom. The topological polar surface area (TPSA) is 42.2 Å². The summed E-state index contributed by atoms with van der Waals surface area (Å²) < 4.78 is 5.93. The molecule has 1 aliphatic rings. The van der Waals surface area contributed by atoms with Crippen LogP contribution < -0.4 is 4.90 Å². The fraction of sp³-hybridized carbons (Fsp3) is 0.263. The third kappa shape index (κ3) is 2.78. The number of aromatic nitrogens is 2. The standard InChI is InChI=1S/C19H18ClN3O/c1-13(23-11-5-8-14-6-2-3-10-17(14)23)18-21-22-19(24-18)15-7-4-9-16(20)12-15/h2-4,6-7,9-10,12-13H,5,8,11H2,1H3/t13-/m1/s1. The molecule has 0 spiro atoms. The molecule has 0 radical (unpaired) electrons. The molecule has 0 unspecified atom stereocenters. The molecule has 4 nitrogen and oxygen atoms in total. The number of anilines is 1. The average molecular weight is 340 g/mol. The van der Waals surface area contributed by atoms with E-state index in [4.69, 9.17) is 16.0 Å². The van der Waals surface area contributed by atoms with Gasteiger partial charge in [0.1, 0.15) is 6.04 Å². The largest absolute Gasteiger partial charge is 0.418 e. The second kappa shape index (κ2) is 6.29. The van der Waals surface area contributed by atoms with Gasteiger partial charge in [-0.3, -0.25) is 0 Å². The van der Waals surface area contributed by atoms with Crippen LogP contribution in [0.15, 0.2) is 52.9 Å². The van der Waals surface area contributed by atoms with Gasteiger partial charge in [-0.2, -0.15) is 0 Å². The Balaban J connectivity index is 1.63. The van der Waals surface area contributed by atoms with Crippen LogP contribution in [0.5, 0.6) is 0 Å². The molecule has 0 bridgehead atoms. The Hall–Kier alpha value is -2.33. The fourth-order valence-electron chi connectivity index (χ4n) is 3.24. The number of benzene rings is 2. The first-order valence-electron chi connectivity index (χ1n) is 8.16. The molecular weight excluding hydrogens is 322 g/mol. The quantitative estimate of drug-likeness (QED) is 0.680. The van der Waals surface area contributed by atoms with Gasteiger partial charge in [-0.15, -0.1) is 10.2 Å². The fourth-order valence-corrected chi connectivity index (χ4v) is 3.43. The number of aryl methyl sites for hydroxylation is 1. The summed E-state index contributed by atoms with van der Waals surface area (Å²) in [7, 11) is 0. The molecule has 2 aromatic carbocycles. The lowest BCUT2D eigenvalue weighted by atomic mass is 10.0. The van der Waals surface area contributed by atoms with Gasteiger partial charge in [0, 0.05) is 22.8 Å². The van der Waals surface area contributed by atoms with Crippen molar-refractivity contribution in [2.45, 2.75) is 25.8 Å². The third-order valence-corrected chi connectivity index (χ3v) is 4.72. The summed E-state index contributed by atoms with van der Waals surface area (Å²) in [6, 6.07) is 16.0. The van der Waals surface area contributed by atoms with E-state index >= 15 is 0 Å². The Bertz CT molecular complexity index is 861. The van der Waals surface area contributed by atoms with Crippen molar-refractivity contribution in [1.82, 2.24) is 10.2 Å². The van der Waals surface area contributed by atoms with Crippen LogP contribution in [-0.4, -0.2) is 16.7 Å². The number of hydrogen-bond acceptors (Lipinski definition) is 4. The Morgan fingerprint density at radius 3 is 2.88 bits per heavy atom. The smallest absolute Gasteiger partial charge is 0.247 e. The van der Waals surface area contributed by atoms with Gasteiger partial charge in [0.05, 0.1) is 0 Å². The van der Waals surface area contributed by atoms with Crippen LogP contribution in [0.3, 0.4) is 0 Å². The predicted molar refractivity (Wildman–Crippen MR) is 95.3 cm³/mol. The number of fused-ring (bicyclic) bond motifs is 1. The predicted octanol–water partition coefficient (Wildman–Crippen LogP) is 4.90. The SMILES string of the molecule is C[C@H](c1nnc(-c2cccc(Cl)c2)o1)N1CCCc2ccccc21. The minimum Gasteiger partial charge on any atom is -0.418 e. The number of rotatable bonds is 3. The second-order valence-electron chi connectivity index (χ2n) is 6.06.